The molecule has 1 aromatic carbocycles. The number of benzene rings is 1. The first-order chi connectivity index (χ1) is 9.56. The van der Waals surface area contributed by atoms with Crippen molar-refractivity contribution in [2.45, 2.75) is 38.3 Å². The van der Waals surface area contributed by atoms with E-state index in [1.54, 1.807) is 0 Å². The van der Waals surface area contributed by atoms with Crippen LogP contribution in [0, 0.1) is 5.92 Å². The van der Waals surface area contributed by atoms with Gasteiger partial charge in [0.2, 0.25) is 5.91 Å². The van der Waals surface area contributed by atoms with Crippen LogP contribution in [0.5, 0.6) is 0 Å². The van der Waals surface area contributed by atoms with Gasteiger partial charge in [-0.1, -0.05) is 18.6 Å². The van der Waals surface area contributed by atoms with Gasteiger partial charge in [0, 0.05) is 38.8 Å². The van der Waals surface area contributed by atoms with Crippen LogP contribution in [0.1, 0.15) is 31.2 Å². The number of amides is 1. The van der Waals surface area contributed by atoms with Gasteiger partial charge in [0.1, 0.15) is 0 Å². The smallest absolute Gasteiger partial charge is 0.220 e. The second-order valence-electron chi connectivity index (χ2n) is 5.90. The molecule has 0 heterocycles. The summed E-state index contributed by atoms with van der Waals surface area (Å²) in [6, 6.07) is 8.42. The Morgan fingerprint density at radius 2 is 2.20 bits per heavy atom. The van der Waals surface area contributed by atoms with Crippen LogP contribution in [0.4, 0.5) is 5.69 Å². The number of hydrogen-bond acceptors (Lipinski definition) is 3. The highest BCUT2D eigenvalue weighted by Crippen LogP contribution is 2.26. The van der Waals surface area contributed by atoms with Crippen molar-refractivity contribution >= 4 is 11.6 Å². The topological polar surface area (TPSA) is 58.4 Å². The van der Waals surface area contributed by atoms with E-state index in [-0.39, 0.29) is 11.9 Å². The number of hydrogen-bond donors (Lipinski definition) is 2. The van der Waals surface area contributed by atoms with E-state index in [4.69, 9.17) is 5.73 Å². The predicted octanol–water partition coefficient (Wildman–Crippen LogP) is 1.89. The van der Waals surface area contributed by atoms with Crippen molar-refractivity contribution in [1.29, 1.82) is 0 Å². The minimum Gasteiger partial charge on any atom is -0.378 e. The molecule has 1 aliphatic carbocycles. The van der Waals surface area contributed by atoms with E-state index in [1.165, 1.54) is 0 Å². The van der Waals surface area contributed by atoms with Gasteiger partial charge >= 0.3 is 0 Å². The Balaban J connectivity index is 1.82. The van der Waals surface area contributed by atoms with Gasteiger partial charge in [-0.15, -0.1) is 0 Å². The van der Waals surface area contributed by atoms with Crippen molar-refractivity contribution in [2.24, 2.45) is 11.7 Å². The molecule has 0 saturated heterocycles. The molecule has 1 aromatic rings. The van der Waals surface area contributed by atoms with E-state index in [1.807, 2.05) is 26.2 Å². The molecule has 1 fully saturated rings. The van der Waals surface area contributed by atoms with E-state index < -0.39 is 0 Å². The largest absolute Gasteiger partial charge is 0.378 e. The third kappa shape index (κ3) is 3.97. The number of nitrogens with two attached hydrogens (primary N) is 1. The van der Waals surface area contributed by atoms with Crippen molar-refractivity contribution in [3.63, 3.8) is 0 Å². The van der Waals surface area contributed by atoms with Crippen molar-refractivity contribution in [1.82, 2.24) is 5.32 Å². The molecular formula is C16H25N3O. The van der Waals surface area contributed by atoms with Gasteiger partial charge < -0.3 is 16.0 Å². The van der Waals surface area contributed by atoms with Crippen LogP contribution in [-0.2, 0) is 11.3 Å². The van der Waals surface area contributed by atoms with Gasteiger partial charge in [0.15, 0.2) is 0 Å². The summed E-state index contributed by atoms with van der Waals surface area (Å²) in [5, 5.41) is 3.00. The number of carbonyl (C=O) groups is 1. The van der Waals surface area contributed by atoms with E-state index in [0.29, 0.717) is 18.9 Å². The molecule has 1 amide bonds. The summed E-state index contributed by atoms with van der Waals surface area (Å²) in [7, 11) is 4.03. The maximum absolute atomic E-state index is 12.0. The van der Waals surface area contributed by atoms with Crippen LogP contribution in [0.25, 0.3) is 0 Å². The Morgan fingerprint density at radius 1 is 1.40 bits per heavy atom. The quantitative estimate of drug-likeness (QED) is 0.862. The van der Waals surface area contributed by atoms with Gasteiger partial charge in [-0.05, 0) is 36.5 Å². The fraction of sp³-hybridized carbons (Fsp3) is 0.562. The molecule has 2 atom stereocenters. The zero-order valence-corrected chi connectivity index (χ0v) is 12.4. The molecule has 0 unspecified atom stereocenters. The van der Waals surface area contributed by atoms with E-state index in [9.17, 15) is 4.79 Å². The Labute approximate surface area is 121 Å². The Bertz CT molecular complexity index is 459. The zero-order chi connectivity index (χ0) is 14.5. The standard InChI is InChI=1S/C16H25N3O/c1-19(2)14-7-3-5-12(9-14)11-18-16(20)10-13-6-4-8-15(13)17/h3,5,7,9,13,15H,4,6,8,10-11,17H2,1-2H3,(H,18,20)/t13-,15+/m0/s1. The number of nitrogens with one attached hydrogen (secondary N) is 1. The van der Waals surface area contributed by atoms with Gasteiger partial charge in [-0.2, -0.15) is 0 Å². The molecule has 3 N–H and O–H groups in total. The van der Waals surface area contributed by atoms with Crippen LogP contribution >= 0.6 is 0 Å². The van der Waals surface area contributed by atoms with Gasteiger partial charge in [0.05, 0.1) is 0 Å². The Morgan fingerprint density at radius 3 is 2.85 bits per heavy atom. The molecule has 4 heteroatoms. The Hall–Kier alpha value is -1.55. The van der Waals surface area contributed by atoms with E-state index in [0.717, 1.165) is 30.5 Å². The van der Waals surface area contributed by atoms with Crippen LogP contribution in [0.3, 0.4) is 0 Å². The molecule has 2 rings (SSSR count). The number of carbonyl (C=O) groups excluding carboxylic acids is 1. The van der Waals surface area contributed by atoms with Crippen LogP contribution < -0.4 is 16.0 Å². The molecule has 0 aliphatic heterocycles. The summed E-state index contributed by atoms with van der Waals surface area (Å²) < 4.78 is 0. The van der Waals surface area contributed by atoms with Crippen molar-refractivity contribution in [2.75, 3.05) is 19.0 Å². The summed E-state index contributed by atoms with van der Waals surface area (Å²) in [6.45, 7) is 0.586. The Kier molecular flexibility index (Phi) is 5.01. The number of rotatable bonds is 5. The summed E-state index contributed by atoms with van der Waals surface area (Å²) in [5.74, 6) is 0.478. The van der Waals surface area contributed by atoms with E-state index >= 15 is 0 Å². The molecule has 1 saturated carbocycles. The average Bonchev–Trinajstić information content (AvgIpc) is 2.82. The van der Waals surface area contributed by atoms with E-state index in [2.05, 4.69) is 22.3 Å². The van der Waals surface area contributed by atoms with Crippen molar-refractivity contribution in [3.05, 3.63) is 29.8 Å². The molecule has 0 bridgehead atoms. The monoisotopic (exact) mass is 275 g/mol. The first kappa shape index (κ1) is 14.9. The van der Waals surface area contributed by atoms with Gasteiger partial charge in [-0.3, -0.25) is 4.79 Å². The number of anilines is 1. The minimum absolute atomic E-state index is 0.114. The highest BCUT2D eigenvalue weighted by Gasteiger charge is 2.25. The van der Waals surface area contributed by atoms with Crippen LogP contribution in [0.15, 0.2) is 24.3 Å². The molecule has 4 nitrogen and oxygen atoms in total. The predicted molar refractivity (Wildman–Crippen MR) is 82.5 cm³/mol. The summed E-state index contributed by atoms with van der Waals surface area (Å²) >= 11 is 0. The minimum atomic E-state index is 0.114. The zero-order valence-electron chi connectivity index (χ0n) is 12.4. The third-order valence-corrected chi connectivity index (χ3v) is 4.08. The van der Waals surface area contributed by atoms with Crippen LogP contribution in [-0.4, -0.2) is 26.0 Å². The summed E-state index contributed by atoms with van der Waals surface area (Å²) in [4.78, 5) is 14.0. The second kappa shape index (κ2) is 6.75. The maximum atomic E-state index is 12.0. The lowest BCUT2D eigenvalue weighted by Crippen LogP contribution is -2.31. The molecule has 20 heavy (non-hydrogen) atoms. The molecule has 110 valence electrons. The SMILES string of the molecule is CN(C)c1cccc(CNC(=O)C[C@@H]2CCC[C@H]2N)c1. The second-order valence-corrected chi connectivity index (χ2v) is 5.90. The summed E-state index contributed by atoms with van der Waals surface area (Å²) in [6.07, 6.45) is 3.87. The lowest BCUT2D eigenvalue weighted by molar-refractivity contribution is -0.122. The highest BCUT2D eigenvalue weighted by molar-refractivity contribution is 5.76. The lowest BCUT2D eigenvalue weighted by atomic mass is 10.00. The highest BCUT2D eigenvalue weighted by atomic mass is 16.1. The fourth-order valence-electron chi connectivity index (χ4n) is 2.77. The molecule has 1 aliphatic rings. The summed E-state index contributed by atoms with van der Waals surface area (Å²) in [5.41, 5.74) is 8.28. The maximum Gasteiger partial charge on any atom is 0.220 e. The molecule has 0 radical (unpaired) electrons. The molecule has 0 aromatic heterocycles. The lowest BCUT2D eigenvalue weighted by Gasteiger charge is -2.16. The van der Waals surface area contributed by atoms with Gasteiger partial charge in [-0.25, -0.2) is 0 Å². The first-order valence-corrected chi connectivity index (χ1v) is 7.35. The number of nitrogens with zero attached hydrogens (tertiary/aromatic N) is 1. The first-order valence-electron chi connectivity index (χ1n) is 7.35. The van der Waals surface area contributed by atoms with Gasteiger partial charge in [0.25, 0.3) is 0 Å². The van der Waals surface area contributed by atoms with Crippen molar-refractivity contribution in [3.8, 4) is 0 Å². The van der Waals surface area contributed by atoms with Crippen LogP contribution in [0.2, 0.25) is 0 Å². The average molecular weight is 275 g/mol. The fourth-order valence-corrected chi connectivity index (χ4v) is 2.77. The third-order valence-electron chi connectivity index (χ3n) is 4.08. The molecule has 0 spiro atoms. The molecular weight excluding hydrogens is 250 g/mol. The van der Waals surface area contributed by atoms with Crippen molar-refractivity contribution < 1.29 is 4.79 Å². The normalized spacial score (nSPS) is 21.8.